The summed E-state index contributed by atoms with van der Waals surface area (Å²) in [5, 5.41) is 13.1. The molecule has 108 valence electrons. The van der Waals surface area contributed by atoms with Gasteiger partial charge in [0.15, 0.2) is 0 Å². The van der Waals surface area contributed by atoms with E-state index in [-0.39, 0.29) is 22.6 Å². The fourth-order valence-corrected chi connectivity index (χ4v) is 2.06. The van der Waals surface area contributed by atoms with Crippen molar-refractivity contribution in [1.29, 1.82) is 0 Å². The van der Waals surface area contributed by atoms with E-state index in [4.69, 9.17) is 5.73 Å². The summed E-state index contributed by atoms with van der Waals surface area (Å²) in [6.45, 7) is 0. The predicted molar refractivity (Wildman–Crippen MR) is 79.6 cm³/mol. The number of hydrogen-bond donors (Lipinski definition) is 2. The lowest BCUT2D eigenvalue weighted by atomic mass is 10.2. The minimum absolute atomic E-state index is 0.0195. The van der Waals surface area contributed by atoms with Crippen molar-refractivity contribution < 1.29 is 14.1 Å². The molecule has 2 rings (SSSR count). The maximum atomic E-state index is 13.6. The number of nitrogens with zero attached hydrogens (tertiary/aromatic N) is 1. The van der Waals surface area contributed by atoms with Gasteiger partial charge < -0.3 is 11.1 Å². The molecule has 2 aromatic carbocycles. The lowest BCUT2D eigenvalue weighted by Crippen LogP contribution is -2.14. The highest BCUT2D eigenvalue weighted by molar-refractivity contribution is 9.10. The van der Waals surface area contributed by atoms with E-state index in [2.05, 4.69) is 21.2 Å². The molecule has 6 nitrogen and oxygen atoms in total. The number of amides is 1. The quantitative estimate of drug-likeness (QED) is 0.502. The number of benzene rings is 2. The topological polar surface area (TPSA) is 98.3 Å². The molecule has 0 saturated heterocycles. The summed E-state index contributed by atoms with van der Waals surface area (Å²) in [6.07, 6.45) is 0. The van der Waals surface area contributed by atoms with Gasteiger partial charge in [0.05, 0.1) is 16.2 Å². The number of carbonyl (C=O) groups is 1. The number of rotatable bonds is 3. The van der Waals surface area contributed by atoms with Gasteiger partial charge in [0.1, 0.15) is 5.82 Å². The van der Waals surface area contributed by atoms with Crippen molar-refractivity contribution in [2.45, 2.75) is 0 Å². The lowest BCUT2D eigenvalue weighted by molar-refractivity contribution is -0.384. The largest absolute Gasteiger partial charge is 0.399 e. The first-order chi connectivity index (χ1) is 9.88. The van der Waals surface area contributed by atoms with Crippen molar-refractivity contribution in [1.82, 2.24) is 0 Å². The molecular weight excluding hydrogens is 345 g/mol. The number of nitrogens with two attached hydrogens (primary N) is 1. The third-order valence-corrected chi connectivity index (χ3v) is 3.34. The monoisotopic (exact) mass is 353 g/mol. The van der Waals surface area contributed by atoms with Crippen LogP contribution in [0.2, 0.25) is 0 Å². The van der Waals surface area contributed by atoms with Gasteiger partial charge in [-0.3, -0.25) is 14.9 Å². The van der Waals surface area contributed by atoms with Gasteiger partial charge in [-0.25, -0.2) is 4.39 Å². The molecule has 0 radical (unpaired) electrons. The highest BCUT2D eigenvalue weighted by Crippen LogP contribution is 2.24. The van der Waals surface area contributed by atoms with Gasteiger partial charge in [-0.15, -0.1) is 0 Å². The van der Waals surface area contributed by atoms with Crippen LogP contribution in [0.25, 0.3) is 0 Å². The van der Waals surface area contributed by atoms with Crippen LogP contribution in [0.4, 0.5) is 21.5 Å². The molecule has 0 atom stereocenters. The summed E-state index contributed by atoms with van der Waals surface area (Å²) in [5.74, 6) is -1.34. The Morgan fingerprint density at radius 3 is 2.67 bits per heavy atom. The van der Waals surface area contributed by atoms with Gasteiger partial charge in [0, 0.05) is 22.3 Å². The zero-order valence-corrected chi connectivity index (χ0v) is 12.1. The summed E-state index contributed by atoms with van der Waals surface area (Å²) < 4.78 is 13.9. The number of non-ortho nitro benzene ring substituents is 1. The van der Waals surface area contributed by atoms with Crippen LogP contribution < -0.4 is 11.1 Å². The van der Waals surface area contributed by atoms with Gasteiger partial charge >= 0.3 is 0 Å². The average molecular weight is 354 g/mol. The van der Waals surface area contributed by atoms with Gasteiger partial charge in [-0.05, 0) is 40.2 Å². The molecule has 0 aliphatic carbocycles. The third-order valence-electron chi connectivity index (χ3n) is 2.64. The van der Waals surface area contributed by atoms with Gasteiger partial charge in [0.25, 0.3) is 11.6 Å². The molecule has 0 aliphatic heterocycles. The van der Waals surface area contributed by atoms with Crippen molar-refractivity contribution in [3.63, 3.8) is 0 Å². The van der Waals surface area contributed by atoms with E-state index < -0.39 is 16.6 Å². The summed E-state index contributed by atoms with van der Waals surface area (Å²) in [5.41, 5.74) is 5.48. The van der Waals surface area contributed by atoms with Crippen LogP contribution >= 0.6 is 15.9 Å². The van der Waals surface area contributed by atoms with Crippen molar-refractivity contribution >= 4 is 38.9 Å². The maximum absolute atomic E-state index is 13.6. The minimum Gasteiger partial charge on any atom is -0.399 e. The highest BCUT2D eigenvalue weighted by atomic mass is 79.9. The first-order valence-corrected chi connectivity index (χ1v) is 6.48. The van der Waals surface area contributed by atoms with Crippen LogP contribution in [-0.2, 0) is 0 Å². The molecule has 0 aromatic heterocycles. The molecule has 2 aromatic rings. The number of halogens is 2. The van der Waals surface area contributed by atoms with Crippen LogP contribution in [0.5, 0.6) is 0 Å². The van der Waals surface area contributed by atoms with Crippen LogP contribution in [-0.4, -0.2) is 10.8 Å². The molecule has 0 saturated carbocycles. The fourth-order valence-electron chi connectivity index (χ4n) is 1.63. The lowest BCUT2D eigenvalue weighted by Gasteiger charge is -2.08. The Balaban J connectivity index is 2.34. The van der Waals surface area contributed by atoms with Crippen molar-refractivity contribution in [2.75, 3.05) is 11.1 Å². The van der Waals surface area contributed by atoms with E-state index in [1.54, 1.807) is 0 Å². The maximum Gasteiger partial charge on any atom is 0.270 e. The molecule has 0 spiro atoms. The van der Waals surface area contributed by atoms with E-state index in [1.165, 1.54) is 24.3 Å². The number of nitrogen functional groups attached to an aromatic ring is 1. The van der Waals surface area contributed by atoms with E-state index in [9.17, 15) is 19.3 Å². The van der Waals surface area contributed by atoms with Crippen LogP contribution in [0.1, 0.15) is 10.4 Å². The minimum atomic E-state index is -0.685. The zero-order chi connectivity index (χ0) is 15.6. The Morgan fingerprint density at radius 1 is 1.29 bits per heavy atom. The average Bonchev–Trinajstić information content (AvgIpc) is 2.43. The van der Waals surface area contributed by atoms with Crippen LogP contribution in [0.15, 0.2) is 40.9 Å². The van der Waals surface area contributed by atoms with Gasteiger partial charge in [0.2, 0.25) is 0 Å². The zero-order valence-electron chi connectivity index (χ0n) is 10.5. The second kappa shape index (κ2) is 5.88. The van der Waals surface area contributed by atoms with Crippen molar-refractivity contribution in [3.8, 4) is 0 Å². The fraction of sp³-hybridized carbons (Fsp3) is 0. The van der Waals surface area contributed by atoms with Gasteiger partial charge in [-0.2, -0.15) is 0 Å². The van der Waals surface area contributed by atoms with E-state index >= 15 is 0 Å². The number of carbonyl (C=O) groups excluding carboxylic acids is 1. The highest BCUT2D eigenvalue weighted by Gasteiger charge is 2.17. The Bertz CT molecular complexity index is 737. The van der Waals surface area contributed by atoms with E-state index in [0.717, 1.165) is 12.1 Å². The van der Waals surface area contributed by atoms with Crippen molar-refractivity contribution in [2.24, 2.45) is 0 Å². The first-order valence-electron chi connectivity index (χ1n) is 5.69. The summed E-state index contributed by atoms with van der Waals surface area (Å²) in [6, 6.07) is 7.47. The summed E-state index contributed by atoms with van der Waals surface area (Å²) >= 11 is 3.12. The van der Waals surface area contributed by atoms with E-state index in [0.29, 0.717) is 4.47 Å². The molecule has 3 N–H and O–H groups in total. The van der Waals surface area contributed by atoms with Crippen molar-refractivity contribution in [3.05, 3.63) is 62.4 Å². The SMILES string of the molecule is Nc1ccc(F)c(NC(=O)c2cc([N+](=O)[O-])ccc2Br)c1. The second-order valence-corrected chi connectivity index (χ2v) is 4.97. The number of nitrogens with one attached hydrogen (secondary N) is 1. The smallest absolute Gasteiger partial charge is 0.270 e. The van der Waals surface area contributed by atoms with Crippen LogP contribution in [0, 0.1) is 15.9 Å². The number of hydrogen-bond acceptors (Lipinski definition) is 4. The Hall–Kier alpha value is -2.48. The third kappa shape index (κ3) is 3.34. The Morgan fingerprint density at radius 2 is 2.00 bits per heavy atom. The van der Waals surface area contributed by atoms with Gasteiger partial charge in [-0.1, -0.05) is 0 Å². The molecule has 1 amide bonds. The summed E-state index contributed by atoms with van der Waals surface area (Å²) in [7, 11) is 0. The Kier molecular flexibility index (Phi) is 4.18. The summed E-state index contributed by atoms with van der Waals surface area (Å²) in [4.78, 5) is 22.2. The molecule has 8 heteroatoms. The first kappa shape index (κ1) is 14.9. The molecule has 0 heterocycles. The molecule has 0 bridgehead atoms. The Labute approximate surface area is 127 Å². The van der Waals surface area contributed by atoms with E-state index in [1.807, 2.05) is 0 Å². The number of nitro groups is 1. The molecule has 0 unspecified atom stereocenters. The predicted octanol–water partition coefficient (Wildman–Crippen LogP) is 3.33. The number of nitro benzene ring substituents is 1. The standard InChI is InChI=1S/C13H9BrFN3O3/c14-10-3-2-8(18(20)21)6-9(10)13(19)17-12-5-7(16)1-4-11(12)15/h1-6H,16H2,(H,17,19). The number of anilines is 2. The molecule has 21 heavy (non-hydrogen) atoms. The molecule has 0 aliphatic rings. The second-order valence-electron chi connectivity index (χ2n) is 4.11. The van der Waals surface area contributed by atoms with Crippen LogP contribution in [0.3, 0.4) is 0 Å². The molecular formula is C13H9BrFN3O3. The molecule has 0 fully saturated rings. The normalized spacial score (nSPS) is 10.2.